The zero-order valence-electron chi connectivity index (χ0n) is 15.1. The predicted octanol–water partition coefficient (Wildman–Crippen LogP) is 2.45. The van der Waals surface area contributed by atoms with Gasteiger partial charge in [-0.15, -0.1) is 0 Å². The van der Waals surface area contributed by atoms with Gasteiger partial charge in [0.15, 0.2) is 5.82 Å². The quantitative estimate of drug-likeness (QED) is 0.561. The maximum atomic E-state index is 4.77. The minimum atomic E-state index is 0.693. The second-order valence-corrected chi connectivity index (χ2v) is 6.81. The van der Waals surface area contributed by atoms with Crippen LogP contribution in [-0.4, -0.2) is 40.8 Å². The van der Waals surface area contributed by atoms with Crippen molar-refractivity contribution in [3.05, 3.63) is 72.1 Å². The molecule has 5 heterocycles. The molecule has 0 spiro atoms. The summed E-state index contributed by atoms with van der Waals surface area (Å²) in [5.74, 6) is 1.72. The molecule has 5 rings (SSSR count). The van der Waals surface area contributed by atoms with Gasteiger partial charge in [-0.1, -0.05) is 6.07 Å². The molecule has 7 nitrogen and oxygen atoms in total. The Balaban J connectivity index is 1.38. The third-order valence-electron chi connectivity index (χ3n) is 5.01. The number of imidazole rings is 1. The number of pyridine rings is 1. The first kappa shape index (κ1) is 16.0. The van der Waals surface area contributed by atoms with E-state index in [1.165, 1.54) is 17.4 Å². The van der Waals surface area contributed by atoms with E-state index in [1.807, 2.05) is 19.2 Å². The molecule has 4 aromatic rings. The fourth-order valence-electron chi connectivity index (χ4n) is 3.66. The maximum absolute atomic E-state index is 4.77. The molecular formula is C20H19N7. The highest BCUT2D eigenvalue weighted by molar-refractivity contribution is 5.53. The second kappa shape index (κ2) is 6.51. The standard InChI is InChI=1S/C20H19N7/c1-14-24-18(19-4-2-3-6-27(14)19)12-26-7-5-17-16(11-26)10-23-20(25-17)15-8-21-13-22-9-15/h2-4,6,8-10,13H,5,7,11-12H2,1H3. The normalized spacial score (nSPS) is 14.4. The summed E-state index contributed by atoms with van der Waals surface area (Å²) in [6, 6.07) is 6.23. The van der Waals surface area contributed by atoms with Crippen LogP contribution in [0.3, 0.4) is 0 Å². The molecule has 0 aliphatic carbocycles. The summed E-state index contributed by atoms with van der Waals surface area (Å²) in [6.45, 7) is 4.67. The Kier molecular flexibility index (Phi) is 3.86. The molecule has 0 bridgehead atoms. The van der Waals surface area contributed by atoms with Gasteiger partial charge in [-0.2, -0.15) is 0 Å². The first-order chi connectivity index (χ1) is 13.3. The molecule has 4 aromatic heterocycles. The van der Waals surface area contributed by atoms with E-state index >= 15 is 0 Å². The van der Waals surface area contributed by atoms with E-state index < -0.39 is 0 Å². The van der Waals surface area contributed by atoms with E-state index in [0.29, 0.717) is 5.82 Å². The van der Waals surface area contributed by atoms with Gasteiger partial charge in [0.25, 0.3) is 0 Å². The van der Waals surface area contributed by atoms with Gasteiger partial charge in [-0.25, -0.2) is 24.9 Å². The molecule has 0 saturated heterocycles. The summed E-state index contributed by atoms with van der Waals surface area (Å²) in [7, 11) is 0. The Bertz CT molecular complexity index is 1100. The number of aryl methyl sites for hydroxylation is 1. The van der Waals surface area contributed by atoms with Crippen LogP contribution >= 0.6 is 0 Å². The van der Waals surface area contributed by atoms with Crippen LogP contribution in [0.25, 0.3) is 16.9 Å². The molecule has 0 radical (unpaired) electrons. The Morgan fingerprint density at radius 2 is 1.96 bits per heavy atom. The van der Waals surface area contributed by atoms with Crippen LogP contribution in [0.2, 0.25) is 0 Å². The molecule has 0 amide bonds. The molecule has 134 valence electrons. The van der Waals surface area contributed by atoms with Crippen molar-refractivity contribution in [2.45, 2.75) is 26.4 Å². The fraction of sp³-hybridized carbons (Fsp3) is 0.250. The lowest BCUT2D eigenvalue weighted by atomic mass is 10.1. The van der Waals surface area contributed by atoms with E-state index in [0.717, 1.165) is 48.8 Å². The maximum Gasteiger partial charge on any atom is 0.162 e. The van der Waals surface area contributed by atoms with Crippen LogP contribution in [0.15, 0.2) is 49.3 Å². The molecule has 0 fully saturated rings. The molecule has 0 saturated carbocycles. The number of hydrogen-bond donors (Lipinski definition) is 0. The Labute approximate surface area is 156 Å². The fourth-order valence-corrected chi connectivity index (χ4v) is 3.66. The molecule has 0 N–H and O–H groups in total. The molecule has 1 aliphatic rings. The highest BCUT2D eigenvalue weighted by atomic mass is 15.2. The summed E-state index contributed by atoms with van der Waals surface area (Å²) in [6.07, 6.45) is 9.92. The van der Waals surface area contributed by atoms with Crippen molar-refractivity contribution < 1.29 is 0 Å². The molecule has 1 aliphatic heterocycles. The highest BCUT2D eigenvalue weighted by Gasteiger charge is 2.20. The Morgan fingerprint density at radius 3 is 2.85 bits per heavy atom. The first-order valence-electron chi connectivity index (χ1n) is 9.03. The topological polar surface area (TPSA) is 72.1 Å². The van der Waals surface area contributed by atoms with Crippen molar-refractivity contribution in [3.8, 4) is 11.4 Å². The number of nitrogens with zero attached hydrogens (tertiary/aromatic N) is 7. The summed E-state index contributed by atoms with van der Waals surface area (Å²) >= 11 is 0. The molecule has 0 unspecified atom stereocenters. The first-order valence-corrected chi connectivity index (χ1v) is 9.03. The minimum absolute atomic E-state index is 0.693. The van der Waals surface area contributed by atoms with E-state index in [9.17, 15) is 0 Å². The van der Waals surface area contributed by atoms with Crippen molar-refractivity contribution in [1.29, 1.82) is 0 Å². The van der Waals surface area contributed by atoms with Crippen molar-refractivity contribution in [3.63, 3.8) is 0 Å². The SMILES string of the molecule is Cc1nc(CN2CCc3nc(-c4cncnc4)ncc3C2)c2ccccn12. The van der Waals surface area contributed by atoms with Crippen molar-refractivity contribution >= 4 is 5.52 Å². The monoisotopic (exact) mass is 357 g/mol. The Morgan fingerprint density at radius 1 is 1.07 bits per heavy atom. The van der Waals surface area contributed by atoms with Crippen molar-refractivity contribution in [1.82, 2.24) is 34.2 Å². The molecule has 27 heavy (non-hydrogen) atoms. The van der Waals surface area contributed by atoms with Crippen molar-refractivity contribution in [2.24, 2.45) is 0 Å². The third kappa shape index (κ3) is 2.96. The summed E-state index contributed by atoms with van der Waals surface area (Å²) < 4.78 is 2.14. The summed E-state index contributed by atoms with van der Waals surface area (Å²) in [5, 5.41) is 0. The lowest BCUT2D eigenvalue weighted by Gasteiger charge is -2.27. The number of aromatic nitrogens is 6. The molecule has 7 heteroatoms. The second-order valence-electron chi connectivity index (χ2n) is 6.81. The molecule has 0 atom stereocenters. The van der Waals surface area contributed by atoms with E-state index in [1.54, 1.807) is 12.4 Å². The Hall–Kier alpha value is -3.19. The van der Waals surface area contributed by atoms with Gasteiger partial charge in [-0.3, -0.25) is 4.90 Å². The van der Waals surface area contributed by atoms with E-state index in [4.69, 9.17) is 9.97 Å². The van der Waals surface area contributed by atoms with Gasteiger partial charge in [-0.05, 0) is 19.1 Å². The van der Waals surface area contributed by atoms with Gasteiger partial charge in [0.05, 0.1) is 22.5 Å². The zero-order valence-corrected chi connectivity index (χ0v) is 15.1. The van der Waals surface area contributed by atoms with Crippen LogP contribution in [0.5, 0.6) is 0 Å². The molecule has 0 aromatic carbocycles. The largest absolute Gasteiger partial charge is 0.304 e. The zero-order chi connectivity index (χ0) is 18.2. The van der Waals surface area contributed by atoms with Gasteiger partial charge in [0.1, 0.15) is 12.2 Å². The van der Waals surface area contributed by atoms with Gasteiger partial charge < -0.3 is 4.40 Å². The van der Waals surface area contributed by atoms with Crippen LogP contribution in [0.4, 0.5) is 0 Å². The van der Waals surface area contributed by atoms with Gasteiger partial charge >= 0.3 is 0 Å². The lowest BCUT2D eigenvalue weighted by molar-refractivity contribution is 0.241. The van der Waals surface area contributed by atoms with E-state index in [2.05, 4.69) is 42.6 Å². The van der Waals surface area contributed by atoms with Crippen LogP contribution < -0.4 is 0 Å². The van der Waals surface area contributed by atoms with Crippen molar-refractivity contribution in [2.75, 3.05) is 6.54 Å². The third-order valence-corrected chi connectivity index (χ3v) is 5.01. The van der Waals surface area contributed by atoms with Crippen LogP contribution in [0.1, 0.15) is 22.8 Å². The highest BCUT2D eigenvalue weighted by Crippen LogP contribution is 2.22. The predicted molar refractivity (Wildman–Crippen MR) is 101 cm³/mol. The average molecular weight is 357 g/mol. The summed E-state index contributed by atoms with van der Waals surface area (Å²) in [4.78, 5) is 24.5. The van der Waals surface area contributed by atoms with Gasteiger partial charge in [0.2, 0.25) is 0 Å². The van der Waals surface area contributed by atoms with Crippen LogP contribution in [0, 0.1) is 6.92 Å². The number of fused-ring (bicyclic) bond motifs is 2. The van der Waals surface area contributed by atoms with E-state index in [-0.39, 0.29) is 0 Å². The van der Waals surface area contributed by atoms with Gasteiger partial charge in [0, 0.05) is 56.4 Å². The summed E-state index contributed by atoms with van der Waals surface area (Å²) in [5.41, 5.74) is 5.45. The number of rotatable bonds is 3. The average Bonchev–Trinajstić information content (AvgIpc) is 3.04. The minimum Gasteiger partial charge on any atom is -0.304 e. The smallest absolute Gasteiger partial charge is 0.162 e. The van der Waals surface area contributed by atoms with Crippen LogP contribution in [-0.2, 0) is 19.5 Å². The number of hydrogen-bond acceptors (Lipinski definition) is 6. The lowest BCUT2D eigenvalue weighted by Crippen LogP contribution is -2.31. The molecular weight excluding hydrogens is 338 g/mol.